The van der Waals surface area contributed by atoms with Gasteiger partial charge in [0.25, 0.3) is 0 Å². The van der Waals surface area contributed by atoms with Gasteiger partial charge in [-0.15, -0.1) is 0 Å². The number of rotatable bonds is 3. The summed E-state index contributed by atoms with van der Waals surface area (Å²) in [6, 6.07) is 7.24. The number of amidine groups is 1. The van der Waals surface area contributed by atoms with Crippen LogP contribution in [0.2, 0.25) is 5.02 Å². The molecule has 0 saturated heterocycles. The third kappa shape index (κ3) is 2.19. The second-order valence-corrected chi connectivity index (χ2v) is 4.46. The second kappa shape index (κ2) is 4.18. The average molecular weight is 236 g/mol. The van der Waals surface area contributed by atoms with Crippen molar-refractivity contribution >= 4 is 23.0 Å². The Hall–Kier alpha value is -1.48. The van der Waals surface area contributed by atoms with Gasteiger partial charge in [0.15, 0.2) is 0 Å². The van der Waals surface area contributed by atoms with Gasteiger partial charge in [-0.1, -0.05) is 23.7 Å². The van der Waals surface area contributed by atoms with Gasteiger partial charge in [0.1, 0.15) is 5.84 Å². The zero-order chi connectivity index (χ0) is 11.7. The summed E-state index contributed by atoms with van der Waals surface area (Å²) in [7, 11) is 0. The number of hydrogen-bond acceptors (Lipinski definition) is 2. The van der Waals surface area contributed by atoms with Gasteiger partial charge in [0.05, 0.1) is 0 Å². The van der Waals surface area contributed by atoms with E-state index < -0.39 is 0 Å². The van der Waals surface area contributed by atoms with E-state index in [-0.39, 0.29) is 5.84 Å². The Bertz CT molecular complexity index is 444. The van der Waals surface area contributed by atoms with Gasteiger partial charge in [-0.3, -0.25) is 5.41 Å². The Morgan fingerprint density at radius 2 is 1.75 bits per heavy atom. The maximum Gasteiger partial charge on any atom is 0.125 e. The van der Waals surface area contributed by atoms with Crippen molar-refractivity contribution in [3.8, 4) is 0 Å². The maximum atomic E-state index is 7.60. The largest absolute Gasteiger partial charge is 0.401 e. The molecule has 0 amide bonds. The van der Waals surface area contributed by atoms with Crippen molar-refractivity contribution in [3.05, 3.63) is 40.5 Å². The molecular weight excluding hydrogens is 222 g/mol. The molecule has 16 heavy (non-hydrogen) atoms. The van der Waals surface area contributed by atoms with E-state index in [2.05, 4.69) is 0 Å². The number of halogens is 1. The highest BCUT2D eigenvalue weighted by molar-refractivity contribution is 6.30. The van der Waals surface area contributed by atoms with Crippen molar-refractivity contribution in [2.45, 2.75) is 12.8 Å². The lowest BCUT2D eigenvalue weighted by Gasteiger charge is -2.10. The van der Waals surface area contributed by atoms with Gasteiger partial charge in [0.2, 0.25) is 0 Å². The zero-order valence-electron chi connectivity index (χ0n) is 8.83. The van der Waals surface area contributed by atoms with Gasteiger partial charge >= 0.3 is 0 Å². The molecule has 2 rings (SSSR count). The van der Waals surface area contributed by atoms with Crippen LogP contribution in [-0.4, -0.2) is 5.84 Å². The molecule has 84 valence electrons. The number of nitrogens with two attached hydrogens (primary N) is 2. The highest BCUT2D eigenvalue weighted by Crippen LogP contribution is 2.37. The lowest BCUT2D eigenvalue weighted by atomic mass is 10.0. The first kappa shape index (κ1) is 11.0. The van der Waals surface area contributed by atoms with Crippen LogP contribution in [0.3, 0.4) is 0 Å². The lowest BCUT2D eigenvalue weighted by molar-refractivity contribution is 0.987. The number of allylic oxidation sites excluding steroid dienone is 1. The summed E-state index contributed by atoms with van der Waals surface area (Å²) in [4.78, 5) is 0. The van der Waals surface area contributed by atoms with Crippen LogP contribution in [0, 0.1) is 11.3 Å². The van der Waals surface area contributed by atoms with E-state index in [0.717, 1.165) is 24.1 Å². The molecule has 0 aromatic heterocycles. The molecule has 0 atom stereocenters. The van der Waals surface area contributed by atoms with Crippen LogP contribution in [0.5, 0.6) is 0 Å². The zero-order valence-corrected chi connectivity index (χ0v) is 9.59. The molecule has 0 aliphatic heterocycles. The summed E-state index contributed by atoms with van der Waals surface area (Å²) < 4.78 is 0. The van der Waals surface area contributed by atoms with Crippen molar-refractivity contribution < 1.29 is 0 Å². The Labute approximate surface area is 99.6 Å². The Morgan fingerprint density at radius 1 is 1.19 bits per heavy atom. The molecule has 1 saturated carbocycles. The molecule has 1 aromatic rings. The van der Waals surface area contributed by atoms with E-state index in [9.17, 15) is 0 Å². The molecule has 0 bridgehead atoms. The summed E-state index contributed by atoms with van der Waals surface area (Å²) in [5.41, 5.74) is 13.9. The first-order valence-electron chi connectivity index (χ1n) is 5.19. The maximum absolute atomic E-state index is 7.60. The fraction of sp³-hybridized carbons (Fsp3) is 0.250. The summed E-state index contributed by atoms with van der Waals surface area (Å²) in [5.74, 6) is 0.418. The van der Waals surface area contributed by atoms with Crippen LogP contribution in [0.15, 0.2) is 30.0 Å². The van der Waals surface area contributed by atoms with Crippen LogP contribution < -0.4 is 11.5 Å². The second-order valence-electron chi connectivity index (χ2n) is 4.03. The van der Waals surface area contributed by atoms with Crippen molar-refractivity contribution in [2.75, 3.05) is 0 Å². The number of hydrogen-bond donors (Lipinski definition) is 3. The molecule has 0 spiro atoms. The summed E-state index contributed by atoms with van der Waals surface area (Å²) in [6.07, 6.45) is 2.19. The Balaban J connectivity index is 2.43. The molecule has 5 N–H and O–H groups in total. The topological polar surface area (TPSA) is 75.9 Å². The van der Waals surface area contributed by atoms with E-state index in [1.165, 1.54) is 0 Å². The molecular formula is C12H14ClN3. The van der Waals surface area contributed by atoms with Crippen LogP contribution in [0.1, 0.15) is 18.4 Å². The SMILES string of the molecule is N=C(N)C(=C(N)C1CC1)c1ccc(Cl)cc1. The molecule has 1 aromatic carbocycles. The summed E-state index contributed by atoms with van der Waals surface area (Å²) >= 11 is 5.82. The van der Waals surface area contributed by atoms with E-state index in [4.69, 9.17) is 28.5 Å². The fourth-order valence-corrected chi connectivity index (χ4v) is 1.82. The standard InChI is InChI=1S/C12H14ClN3/c13-9-5-3-7(4-6-9)10(12(15)16)11(14)8-1-2-8/h3-6,8H,1-2,14H2,(H3,15,16). The van der Waals surface area contributed by atoms with Gasteiger partial charge in [0, 0.05) is 16.3 Å². The minimum absolute atomic E-state index is 0.0201. The summed E-state index contributed by atoms with van der Waals surface area (Å²) in [6.45, 7) is 0. The van der Waals surface area contributed by atoms with E-state index in [0.29, 0.717) is 16.5 Å². The quantitative estimate of drug-likeness (QED) is 0.556. The van der Waals surface area contributed by atoms with Gasteiger partial charge in [-0.25, -0.2) is 0 Å². The van der Waals surface area contributed by atoms with Crippen molar-refractivity contribution in [3.63, 3.8) is 0 Å². The van der Waals surface area contributed by atoms with Crippen LogP contribution in [0.25, 0.3) is 5.57 Å². The Morgan fingerprint density at radius 3 is 2.19 bits per heavy atom. The third-order valence-electron chi connectivity index (χ3n) is 2.71. The third-order valence-corrected chi connectivity index (χ3v) is 2.96. The van der Waals surface area contributed by atoms with Gasteiger partial charge < -0.3 is 11.5 Å². The lowest BCUT2D eigenvalue weighted by Crippen LogP contribution is -2.18. The van der Waals surface area contributed by atoms with Gasteiger partial charge in [-0.2, -0.15) is 0 Å². The smallest absolute Gasteiger partial charge is 0.125 e. The highest BCUT2D eigenvalue weighted by atomic mass is 35.5. The van der Waals surface area contributed by atoms with E-state index in [1.807, 2.05) is 12.1 Å². The molecule has 1 fully saturated rings. The number of benzene rings is 1. The highest BCUT2D eigenvalue weighted by Gasteiger charge is 2.27. The van der Waals surface area contributed by atoms with Crippen molar-refractivity contribution in [2.24, 2.45) is 17.4 Å². The molecule has 4 heteroatoms. The molecule has 0 heterocycles. The van der Waals surface area contributed by atoms with Crippen LogP contribution >= 0.6 is 11.6 Å². The molecule has 3 nitrogen and oxygen atoms in total. The first-order valence-corrected chi connectivity index (χ1v) is 5.57. The van der Waals surface area contributed by atoms with Gasteiger partial charge in [-0.05, 0) is 36.5 Å². The minimum atomic E-state index is 0.0201. The molecule has 0 unspecified atom stereocenters. The Kier molecular flexibility index (Phi) is 2.88. The van der Waals surface area contributed by atoms with Crippen molar-refractivity contribution in [1.82, 2.24) is 0 Å². The monoisotopic (exact) mass is 235 g/mol. The van der Waals surface area contributed by atoms with Crippen LogP contribution in [-0.2, 0) is 0 Å². The molecule has 0 radical (unpaired) electrons. The van der Waals surface area contributed by atoms with E-state index >= 15 is 0 Å². The predicted octanol–water partition coefficient (Wildman–Crippen LogP) is 2.36. The first-order chi connectivity index (χ1) is 7.59. The molecule has 1 aliphatic rings. The normalized spacial score (nSPS) is 16.8. The fourth-order valence-electron chi connectivity index (χ4n) is 1.69. The van der Waals surface area contributed by atoms with Crippen LogP contribution in [0.4, 0.5) is 0 Å². The van der Waals surface area contributed by atoms with E-state index in [1.54, 1.807) is 12.1 Å². The van der Waals surface area contributed by atoms with Crippen molar-refractivity contribution in [1.29, 1.82) is 5.41 Å². The molecule has 1 aliphatic carbocycles. The average Bonchev–Trinajstić information content (AvgIpc) is 3.04. The summed E-state index contributed by atoms with van der Waals surface area (Å²) in [5, 5.41) is 8.26. The minimum Gasteiger partial charge on any atom is -0.401 e. The number of nitrogens with one attached hydrogen (secondary N) is 1. The predicted molar refractivity (Wildman–Crippen MR) is 67.2 cm³/mol.